The van der Waals surface area contributed by atoms with Gasteiger partial charge in [-0.3, -0.25) is 4.79 Å². The van der Waals surface area contributed by atoms with E-state index < -0.39 is 0 Å². The van der Waals surface area contributed by atoms with Gasteiger partial charge in [-0.1, -0.05) is 30.1 Å². The van der Waals surface area contributed by atoms with Crippen molar-refractivity contribution < 1.29 is 4.79 Å². The lowest BCUT2D eigenvalue weighted by Crippen LogP contribution is -2.42. The van der Waals surface area contributed by atoms with Gasteiger partial charge in [0.2, 0.25) is 5.91 Å². The molecule has 104 valence electrons. The molecule has 0 saturated carbocycles. The molecule has 1 fully saturated rings. The topological polar surface area (TPSA) is 32.3 Å². The first-order valence-corrected chi connectivity index (χ1v) is 7.35. The fraction of sp³-hybridized carbons (Fsp3) is 0.500. The van der Waals surface area contributed by atoms with Crippen LogP contribution < -0.4 is 5.32 Å². The van der Waals surface area contributed by atoms with E-state index in [-0.39, 0.29) is 5.91 Å². The number of carbonyl (C=O) groups excluding carboxylic acids is 1. The van der Waals surface area contributed by atoms with Crippen LogP contribution in [0.5, 0.6) is 0 Å². The van der Waals surface area contributed by atoms with E-state index in [1.54, 1.807) is 6.07 Å². The zero-order chi connectivity index (χ0) is 13.8. The van der Waals surface area contributed by atoms with Crippen molar-refractivity contribution in [2.45, 2.75) is 32.2 Å². The van der Waals surface area contributed by atoms with Crippen molar-refractivity contribution in [1.29, 1.82) is 0 Å². The highest BCUT2D eigenvalue weighted by atomic mass is 35.5. The van der Waals surface area contributed by atoms with Crippen molar-refractivity contribution in [3.05, 3.63) is 28.2 Å². The number of likely N-dealkylation sites (tertiary alicyclic amines) is 1. The van der Waals surface area contributed by atoms with Crippen LogP contribution in [0.1, 0.15) is 26.2 Å². The number of hydrogen-bond donors (Lipinski definition) is 1. The summed E-state index contributed by atoms with van der Waals surface area (Å²) in [7, 11) is 0. The van der Waals surface area contributed by atoms with Crippen molar-refractivity contribution in [2.75, 3.05) is 18.4 Å². The van der Waals surface area contributed by atoms with Gasteiger partial charge in [-0.25, -0.2) is 0 Å². The maximum absolute atomic E-state index is 11.6. The van der Waals surface area contributed by atoms with Crippen LogP contribution in [-0.2, 0) is 4.79 Å². The number of nitrogens with zero attached hydrogens (tertiary/aromatic N) is 1. The molecular formula is C14H18Cl2N2O. The number of anilines is 1. The number of halogens is 2. The standard InChI is InChI=1S/C14H18Cl2N2O/c1-2-14(19)18-7-5-10(6-8-18)17-11-3-4-12(15)13(16)9-11/h3-4,9-10,17H,2,5-8H2,1H3. The van der Waals surface area contributed by atoms with E-state index >= 15 is 0 Å². The fourth-order valence-corrected chi connectivity index (χ4v) is 2.62. The highest BCUT2D eigenvalue weighted by Crippen LogP contribution is 2.26. The molecule has 19 heavy (non-hydrogen) atoms. The van der Waals surface area contributed by atoms with Gasteiger partial charge in [0.25, 0.3) is 0 Å². The second-order valence-electron chi connectivity index (χ2n) is 4.78. The Balaban J connectivity index is 1.88. The lowest BCUT2D eigenvalue weighted by atomic mass is 10.0. The van der Waals surface area contributed by atoms with Crippen LogP contribution in [-0.4, -0.2) is 29.9 Å². The highest BCUT2D eigenvalue weighted by molar-refractivity contribution is 6.42. The third-order valence-corrected chi connectivity index (χ3v) is 4.18. The van der Waals surface area contributed by atoms with Crippen LogP contribution in [0.2, 0.25) is 10.0 Å². The molecular weight excluding hydrogens is 283 g/mol. The van der Waals surface area contributed by atoms with E-state index in [1.165, 1.54) is 0 Å². The summed E-state index contributed by atoms with van der Waals surface area (Å²) in [5.74, 6) is 0.244. The van der Waals surface area contributed by atoms with Crippen LogP contribution in [0.4, 0.5) is 5.69 Å². The minimum absolute atomic E-state index is 0.244. The monoisotopic (exact) mass is 300 g/mol. The first-order chi connectivity index (χ1) is 9.10. The second kappa shape index (κ2) is 6.49. The molecule has 0 aliphatic carbocycles. The van der Waals surface area contributed by atoms with Crippen LogP contribution >= 0.6 is 23.2 Å². The van der Waals surface area contributed by atoms with Gasteiger partial charge in [-0.05, 0) is 31.0 Å². The third-order valence-electron chi connectivity index (χ3n) is 3.44. The first-order valence-electron chi connectivity index (χ1n) is 6.59. The van der Waals surface area contributed by atoms with Crippen molar-refractivity contribution in [3.63, 3.8) is 0 Å². The largest absolute Gasteiger partial charge is 0.382 e. The number of carbonyl (C=O) groups is 1. The number of nitrogens with one attached hydrogen (secondary N) is 1. The lowest BCUT2D eigenvalue weighted by Gasteiger charge is -2.32. The molecule has 1 aromatic carbocycles. The molecule has 0 atom stereocenters. The molecule has 1 amide bonds. The van der Waals surface area contributed by atoms with E-state index in [0.29, 0.717) is 22.5 Å². The van der Waals surface area contributed by atoms with Crippen molar-refractivity contribution >= 4 is 34.8 Å². The van der Waals surface area contributed by atoms with Gasteiger partial charge >= 0.3 is 0 Å². The summed E-state index contributed by atoms with van der Waals surface area (Å²) in [6.45, 7) is 3.56. The Labute approximate surface area is 123 Å². The van der Waals surface area contributed by atoms with Gasteiger partial charge in [0.15, 0.2) is 0 Å². The maximum Gasteiger partial charge on any atom is 0.222 e. The van der Waals surface area contributed by atoms with Crippen LogP contribution in [0.25, 0.3) is 0 Å². The number of benzene rings is 1. The SMILES string of the molecule is CCC(=O)N1CCC(Nc2ccc(Cl)c(Cl)c2)CC1. The van der Waals surface area contributed by atoms with E-state index in [4.69, 9.17) is 23.2 Å². The molecule has 1 aliphatic heterocycles. The van der Waals surface area contributed by atoms with Crippen molar-refractivity contribution in [1.82, 2.24) is 4.90 Å². The Morgan fingerprint density at radius 3 is 2.58 bits per heavy atom. The predicted octanol–water partition coefficient (Wildman–Crippen LogP) is 3.81. The summed E-state index contributed by atoms with van der Waals surface area (Å²) >= 11 is 11.9. The van der Waals surface area contributed by atoms with Gasteiger partial charge < -0.3 is 10.2 Å². The Hall–Kier alpha value is -0.930. The van der Waals surface area contributed by atoms with Gasteiger partial charge in [0, 0.05) is 31.2 Å². The Morgan fingerprint density at radius 1 is 1.32 bits per heavy atom. The normalized spacial score (nSPS) is 16.5. The first kappa shape index (κ1) is 14.5. The molecule has 2 rings (SSSR count). The van der Waals surface area contributed by atoms with E-state index in [9.17, 15) is 4.79 Å². The smallest absolute Gasteiger partial charge is 0.222 e. The fourth-order valence-electron chi connectivity index (χ4n) is 2.32. The minimum atomic E-state index is 0.244. The molecule has 1 heterocycles. The number of amides is 1. The molecule has 1 aliphatic rings. The number of rotatable bonds is 3. The number of piperidine rings is 1. The summed E-state index contributed by atoms with van der Waals surface area (Å²) in [6.07, 6.45) is 2.52. The van der Waals surface area contributed by atoms with E-state index in [1.807, 2.05) is 24.0 Å². The Bertz CT molecular complexity index is 457. The maximum atomic E-state index is 11.6. The summed E-state index contributed by atoms with van der Waals surface area (Å²) in [5.41, 5.74) is 0.981. The molecule has 0 radical (unpaired) electrons. The van der Waals surface area contributed by atoms with Gasteiger partial charge in [0.1, 0.15) is 0 Å². The zero-order valence-electron chi connectivity index (χ0n) is 11.0. The minimum Gasteiger partial charge on any atom is -0.382 e. The second-order valence-corrected chi connectivity index (χ2v) is 5.60. The quantitative estimate of drug-likeness (QED) is 0.921. The average molecular weight is 301 g/mol. The number of hydrogen-bond acceptors (Lipinski definition) is 2. The summed E-state index contributed by atoms with van der Waals surface area (Å²) in [5, 5.41) is 4.57. The Morgan fingerprint density at radius 2 is 2.00 bits per heavy atom. The lowest BCUT2D eigenvalue weighted by molar-refractivity contribution is -0.131. The average Bonchev–Trinajstić information content (AvgIpc) is 2.43. The van der Waals surface area contributed by atoms with E-state index in [0.717, 1.165) is 31.6 Å². The molecule has 0 spiro atoms. The molecule has 1 aromatic rings. The van der Waals surface area contributed by atoms with Crippen LogP contribution in [0, 0.1) is 0 Å². The molecule has 1 N–H and O–H groups in total. The summed E-state index contributed by atoms with van der Waals surface area (Å²) in [6, 6.07) is 5.95. The Kier molecular flexibility index (Phi) is 4.94. The molecule has 5 heteroatoms. The van der Waals surface area contributed by atoms with E-state index in [2.05, 4.69) is 5.32 Å². The summed E-state index contributed by atoms with van der Waals surface area (Å²) in [4.78, 5) is 13.5. The summed E-state index contributed by atoms with van der Waals surface area (Å²) < 4.78 is 0. The van der Waals surface area contributed by atoms with Gasteiger partial charge in [0.05, 0.1) is 10.0 Å². The van der Waals surface area contributed by atoms with Crippen LogP contribution in [0.15, 0.2) is 18.2 Å². The molecule has 0 unspecified atom stereocenters. The predicted molar refractivity (Wildman–Crippen MR) is 80.0 cm³/mol. The van der Waals surface area contributed by atoms with Crippen molar-refractivity contribution in [3.8, 4) is 0 Å². The van der Waals surface area contributed by atoms with Crippen molar-refractivity contribution in [2.24, 2.45) is 0 Å². The van der Waals surface area contributed by atoms with Gasteiger partial charge in [-0.15, -0.1) is 0 Å². The zero-order valence-corrected chi connectivity index (χ0v) is 12.5. The van der Waals surface area contributed by atoms with Crippen LogP contribution in [0.3, 0.4) is 0 Å². The van der Waals surface area contributed by atoms with Gasteiger partial charge in [-0.2, -0.15) is 0 Å². The highest BCUT2D eigenvalue weighted by Gasteiger charge is 2.21. The molecule has 1 saturated heterocycles. The molecule has 0 bridgehead atoms. The molecule has 3 nitrogen and oxygen atoms in total. The molecule has 0 aromatic heterocycles. The third kappa shape index (κ3) is 3.77.